The van der Waals surface area contributed by atoms with E-state index in [0.717, 1.165) is 6.07 Å². The van der Waals surface area contributed by atoms with Gasteiger partial charge in [0, 0.05) is 6.54 Å². The molecule has 0 aliphatic heterocycles. The Morgan fingerprint density at radius 2 is 1.93 bits per heavy atom. The molecule has 0 saturated heterocycles. The van der Waals surface area contributed by atoms with Crippen molar-refractivity contribution in [3.63, 3.8) is 0 Å². The van der Waals surface area contributed by atoms with Crippen molar-refractivity contribution < 1.29 is 17.6 Å². The number of benzene rings is 1. The first kappa shape index (κ1) is 10.8. The van der Waals surface area contributed by atoms with Crippen LogP contribution in [0.3, 0.4) is 0 Å². The van der Waals surface area contributed by atoms with Crippen LogP contribution in [0.15, 0.2) is 18.2 Å². The molecule has 0 aliphatic rings. The van der Waals surface area contributed by atoms with Crippen molar-refractivity contribution in [1.29, 1.82) is 0 Å². The normalized spacial score (nSPS) is 11.5. The van der Waals surface area contributed by atoms with E-state index in [1.807, 2.05) is 0 Å². The minimum Gasteiger partial charge on any atom is -0.383 e. The van der Waals surface area contributed by atoms with Crippen LogP contribution in [0.25, 0.3) is 0 Å². The van der Waals surface area contributed by atoms with Crippen molar-refractivity contribution in [2.24, 2.45) is 0 Å². The third-order valence-electron chi connectivity index (χ3n) is 1.67. The lowest BCUT2D eigenvalue weighted by Crippen LogP contribution is -2.10. The van der Waals surface area contributed by atoms with E-state index in [1.54, 1.807) is 6.92 Å². The summed E-state index contributed by atoms with van der Waals surface area (Å²) in [7, 11) is 0. The van der Waals surface area contributed by atoms with E-state index in [2.05, 4.69) is 5.32 Å². The standard InChI is InChI=1S/C9H9F4N/c1-2-14-7-5-3-4-6(8(7)10)9(11,12)13/h3-5,14H,2H2,1H3. The molecule has 1 aromatic carbocycles. The van der Waals surface area contributed by atoms with Crippen LogP contribution in [-0.2, 0) is 6.18 Å². The number of alkyl halides is 3. The molecule has 0 atom stereocenters. The van der Waals surface area contributed by atoms with Gasteiger partial charge in [-0.05, 0) is 19.1 Å². The summed E-state index contributed by atoms with van der Waals surface area (Å²) >= 11 is 0. The van der Waals surface area contributed by atoms with Crippen LogP contribution < -0.4 is 5.32 Å². The molecule has 1 nitrogen and oxygen atoms in total. The average Bonchev–Trinajstić information content (AvgIpc) is 2.07. The van der Waals surface area contributed by atoms with Gasteiger partial charge in [0.15, 0.2) is 5.82 Å². The Balaban J connectivity index is 3.14. The Morgan fingerprint density at radius 1 is 1.29 bits per heavy atom. The smallest absolute Gasteiger partial charge is 0.383 e. The molecule has 0 saturated carbocycles. The first-order valence-corrected chi connectivity index (χ1v) is 4.06. The molecule has 0 amide bonds. The van der Waals surface area contributed by atoms with Crippen LogP contribution >= 0.6 is 0 Å². The van der Waals surface area contributed by atoms with Crippen molar-refractivity contribution >= 4 is 5.69 Å². The molecule has 0 unspecified atom stereocenters. The first-order chi connectivity index (χ1) is 6.46. The highest BCUT2D eigenvalue weighted by molar-refractivity contribution is 5.48. The number of anilines is 1. The van der Waals surface area contributed by atoms with E-state index >= 15 is 0 Å². The fourth-order valence-corrected chi connectivity index (χ4v) is 1.08. The second kappa shape index (κ2) is 3.86. The van der Waals surface area contributed by atoms with Gasteiger partial charge in [-0.2, -0.15) is 13.2 Å². The Hall–Kier alpha value is -1.26. The fourth-order valence-electron chi connectivity index (χ4n) is 1.08. The van der Waals surface area contributed by atoms with Crippen LogP contribution in [0, 0.1) is 5.82 Å². The van der Waals surface area contributed by atoms with Gasteiger partial charge in [0.1, 0.15) is 0 Å². The van der Waals surface area contributed by atoms with E-state index < -0.39 is 17.6 Å². The highest BCUT2D eigenvalue weighted by Gasteiger charge is 2.34. The van der Waals surface area contributed by atoms with Gasteiger partial charge >= 0.3 is 6.18 Å². The maximum atomic E-state index is 13.2. The molecule has 0 fully saturated rings. The second-order valence-electron chi connectivity index (χ2n) is 2.70. The Morgan fingerprint density at radius 3 is 2.43 bits per heavy atom. The predicted molar refractivity (Wildman–Crippen MR) is 45.6 cm³/mol. The van der Waals surface area contributed by atoms with Crippen molar-refractivity contribution in [3.8, 4) is 0 Å². The van der Waals surface area contributed by atoms with Gasteiger partial charge in [-0.3, -0.25) is 0 Å². The van der Waals surface area contributed by atoms with Gasteiger partial charge in [0.25, 0.3) is 0 Å². The lowest BCUT2D eigenvalue weighted by Gasteiger charge is -2.11. The van der Waals surface area contributed by atoms with Gasteiger partial charge in [0.2, 0.25) is 0 Å². The number of rotatable bonds is 2. The Bertz CT molecular complexity index is 319. The zero-order chi connectivity index (χ0) is 10.8. The second-order valence-corrected chi connectivity index (χ2v) is 2.70. The molecule has 0 spiro atoms. The summed E-state index contributed by atoms with van der Waals surface area (Å²) in [6.45, 7) is 2.05. The summed E-state index contributed by atoms with van der Waals surface area (Å²) in [5.41, 5.74) is -1.36. The van der Waals surface area contributed by atoms with Gasteiger partial charge in [-0.15, -0.1) is 0 Å². The summed E-state index contributed by atoms with van der Waals surface area (Å²) < 4.78 is 49.8. The zero-order valence-electron chi connectivity index (χ0n) is 7.45. The SMILES string of the molecule is CCNc1cccc(C(F)(F)F)c1F. The number of halogens is 4. The molecule has 1 rings (SSSR count). The van der Waals surface area contributed by atoms with E-state index in [0.29, 0.717) is 6.54 Å². The van der Waals surface area contributed by atoms with Crippen LogP contribution in [0.2, 0.25) is 0 Å². The Kier molecular flexibility index (Phi) is 2.98. The Labute approximate surface area is 78.7 Å². The lowest BCUT2D eigenvalue weighted by molar-refractivity contribution is -0.139. The third-order valence-corrected chi connectivity index (χ3v) is 1.67. The minimum absolute atomic E-state index is 0.123. The lowest BCUT2D eigenvalue weighted by atomic mass is 10.2. The van der Waals surface area contributed by atoms with Gasteiger partial charge in [0.05, 0.1) is 11.3 Å². The quantitative estimate of drug-likeness (QED) is 0.734. The number of nitrogens with one attached hydrogen (secondary N) is 1. The summed E-state index contributed by atoms with van der Waals surface area (Å²) in [5, 5.41) is 2.51. The molecule has 78 valence electrons. The minimum atomic E-state index is -4.64. The topological polar surface area (TPSA) is 12.0 Å². The highest BCUT2D eigenvalue weighted by atomic mass is 19.4. The predicted octanol–water partition coefficient (Wildman–Crippen LogP) is 3.28. The van der Waals surface area contributed by atoms with Crippen molar-refractivity contribution in [2.75, 3.05) is 11.9 Å². The largest absolute Gasteiger partial charge is 0.419 e. The molecular weight excluding hydrogens is 198 g/mol. The van der Waals surface area contributed by atoms with Crippen molar-refractivity contribution in [1.82, 2.24) is 0 Å². The molecule has 0 heterocycles. The summed E-state index contributed by atoms with van der Waals surface area (Å²) in [4.78, 5) is 0. The maximum absolute atomic E-state index is 13.2. The third kappa shape index (κ3) is 2.16. The van der Waals surface area contributed by atoms with Crippen LogP contribution in [0.1, 0.15) is 12.5 Å². The summed E-state index contributed by atoms with van der Waals surface area (Å²) in [6, 6.07) is 3.16. The molecular formula is C9H9F4N. The zero-order valence-corrected chi connectivity index (χ0v) is 7.45. The molecule has 14 heavy (non-hydrogen) atoms. The summed E-state index contributed by atoms with van der Waals surface area (Å²) in [6.07, 6.45) is -4.64. The van der Waals surface area contributed by atoms with Gasteiger partial charge in [-0.1, -0.05) is 6.07 Å². The maximum Gasteiger partial charge on any atom is 0.419 e. The summed E-state index contributed by atoms with van der Waals surface area (Å²) in [5.74, 6) is -1.25. The molecule has 0 aromatic heterocycles. The number of hydrogen-bond donors (Lipinski definition) is 1. The number of hydrogen-bond acceptors (Lipinski definition) is 1. The molecule has 0 bridgehead atoms. The fraction of sp³-hybridized carbons (Fsp3) is 0.333. The van der Waals surface area contributed by atoms with E-state index in [9.17, 15) is 17.6 Å². The van der Waals surface area contributed by atoms with E-state index in [1.165, 1.54) is 12.1 Å². The molecule has 1 N–H and O–H groups in total. The molecule has 5 heteroatoms. The van der Waals surface area contributed by atoms with Crippen LogP contribution in [0.5, 0.6) is 0 Å². The van der Waals surface area contributed by atoms with Crippen molar-refractivity contribution in [3.05, 3.63) is 29.6 Å². The van der Waals surface area contributed by atoms with Crippen LogP contribution in [-0.4, -0.2) is 6.54 Å². The van der Waals surface area contributed by atoms with E-state index in [-0.39, 0.29) is 5.69 Å². The van der Waals surface area contributed by atoms with Crippen LogP contribution in [0.4, 0.5) is 23.2 Å². The van der Waals surface area contributed by atoms with Gasteiger partial charge < -0.3 is 5.32 Å². The van der Waals surface area contributed by atoms with Crippen molar-refractivity contribution in [2.45, 2.75) is 13.1 Å². The monoisotopic (exact) mass is 207 g/mol. The van der Waals surface area contributed by atoms with Gasteiger partial charge in [-0.25, -0.2) is 4.39 Å². The highest BCUT2D eigenvalue weighted by Crippen LogP contribution is 2.33. The average molecular weight is 207 g/mol. The van der Waals surface area contributed by atoms with E-state index in [4.69, 9.17) is 0 Å². The molecule has 0 aliphatic carbocycles. The molecule has 1 aromatic rings. The molecule has 0 radical (unpaired) electrons. The first-order valence-electron chi connectivity index (χ1n) is 4.06.